The molecule has 1 unspecified atom stereocenters. The summed E-state index contributed by atoms with van der Waals surface area (Å²) in [5.74, 6) is -0.154. The summed E-state index contributed by atoms with van der Waals surface area (Å²) in [6.45, 7) is 6.45. The number of pyridine rings is 1. The molecule has 3 rings (SSSR count). The van der Waals surface area contributed by atoms with Crippen LogP contribution in [0.15, 0.2) is 53.3 Å². The molecule has 0 saturated carbocycles. The Bertz CT molecular complexity index is 987. The van der Waals surface area contributed by atoms with E-state index in [1.165, 1.54) is 6.07 Å². The number of carbonyl (C=O) groups is 1. The van der Waals surface area contributed by atoms with Crippen LogP contribution in [0.2, 0.25) is 0 Å². The Hall–Kier alpha value is -3.15. The number of carbonyl (C=O) groups excluding carboxylic acids is 1. The van der Waals surface area contributed by atoms with Crippen LogP contribution < -0.4 is 10.9 Å². The lowest BCUT2D eigenvalue weighted by molar-refractivity contribution is 0.0948. The lowest BCUT2D eigenvalue weighted by Crippen LogP contribution is -2.30. The summed E-state index contributed by atoms with van der Waals surface area (Å²) >= 11 is 0. The minimum Gasteiger partial charge on any atom is -0.350 e. The predicted octanol–water partition coefficient (Wildman–Crippen LogP) is 2.85. The van der Waals surface area contributed by atoms with Crippen LogP contribution >= 0.6 is 0 Å². The number of nitrogens with one attached hydrogen (secondary N) is 2. The lowest BCUT2D eigenvalue weighted by atomic mass is 10.1. The van der Waals surface area contributed by atoms with Gasteiger partial charge in [0.1, 0.15) is 0 Å². The molecule has 0 bridgehead atoms. The maximum absolute atomic E-state index is 12.5. The molecule has 0 radical (unpaired) electrons. The van der Waals surface area contributed by atoms with E-state index in [0.717, 1.165) is 17.0 Å². The van der Waals surface area contributed by atoms with Gasteiger partial charge >= 0.3 is 0 Å². The molecule has 2 heterocycles. The number of hydrogen-bond donors (Lipinski definition) is 2. The first-order chi connectivity index (χ1) is 12.4. The molecule has 6 heteroatoms. The van der Waals surface area contributed by atoms with Gasteiger partial charge in [-0.15, -0.1) is 0 Å². The zero-order valence-corrected chi connectivity index (χ0v) is 15.1. The topological polar surface area (TPSA) is 79.8 Å². The number of nitrogens with zero attached hydrogens (tertiary/aromatic N) is 2. The van der Waals surface area contributed by atoms with E-state index < -0.39 is 0 Å². The van der Waals surface area contributed by atoms with Crippen molar-refractivity contribution in [1.82, 2.24) is 20.1 Å². The van der Waals surface area contributed by atoms with Crippen molar-refractivity contribution >= 4 is 5.91 Å². The standard InChI is InChI=1S/C20H22N4O2/c1-13-10-14(2)24(23-13)15(3)12-21-20(26)17-7-4-6-16(11-17)18-8-5-9-19(25)22-18/h4-11,15H,12H2,1-3H3,(H,21,26)(H,22,25). The molecule has 0 fully saturated rings. The maximum atomic E-state index is 12.5. The fourth-order valence-electron chi connectivity index (χ4n) is 2.97. The molecule has 3 aromatic rings. The second-order valence-corrected chi connectivity index (χ2v) is 6.44. The summed E-state index contributed by atoms with van der Waals surface area (Å²) in [6.07, 6.45) is 0. The van der Waals surface area contributed by atoms with E-state index >= 15 is 0 Å². The number of aromatic amines is 1. The second-order valence-electron chi connectivity index (χ2n) is 6.44. The first kappa shape index (κ1) is 17.7. The van der Waals surface area contributed by atoms with Crippen LogP contribution in [-0.2, 0) is 0 Å². The Kier molecular flexibility index (Phi) is 5.02. The van der Waals surface area contributed by atoms with E-state index in [1.54, 1.807) is 24.3 Å². The predicted molar refractivity (Wildman–Crippen MR) is 101 cm³/mol. The van der Waals surface area contributed by atoms with Crippen molar-refractivity contribution in [2.45, 2.75) is 26.8 Å². The lowest BCUT2D eigenvalue weighted by Gasteiger charge is -2.15. The molecule has 26 heavy (non-hydrogen) atoms. The van der Waals surface area contributed by atoms with Crippen molar-refractivity contribution in [3.8, 4) is 11.3 Å². The Morgan fingerprint density at radius 2 is 1.96 bits per heavy atom. The number of hydrogen-bond acceptors (Lipinski definition) is 3. The van der Waals surface area contributed by atoms with Gasteiger partial charge in [0.2, 0.25) is 5.56 Å². The highest BCUT2D eigenvalue weighted by molar-refractivity contribution is 5.95. The molecule has 0 saturated heterocycles. The highest BCUT2D eigenvalue weighted by Crippen LogP contribution is 2.17. The van der Waals surface area contributed by atoms with Gasteiger partial charge in [0.15, 0.2) is 0 Å². The third kappa shape index (κ3) is 3.91. The van der Waals surface area contributed by atoms with Crippen molar-refractivity contribution in [1.29, 1.82) is 0 Å². The number of aromatic nitrogens is 3. The van der Waals surface area contributed by atoms with Gasteiger partial charge in [0.05, 0.1) is 11.7 Å². The van der Waals surface area contributed by atoms with E-state index in [2.05, 4.69) is 15.4 Å². The first-order valence-electron chi connectivity index (χ1n) is 8.55. The smallest absolute Gasteiger partial charge is 0.251 e. The van der Waals surface area contributed by atoms with Gasteiger partial charge in [-0.25, -0.2) is 0 Å². The van der Waals surface area contributed by atoms with Gasteiger partial charge in [-0.3, -0.25) is 14.3 Å². The van der Waals surface area contributed by atoms with E-state index in [0.29, 0.717) is 17.8 Å². The summed E-state index contributed by atoms with van der Waals surface area (Å²) in [6, 6.07) is 14.2. The van der Waals surface area contributed by atoms with E-state index in [-0.39, 0.29) is 17.5 Å². The van der Waals surface area contributed by atoms with Crippen LogP contribution in [0.25, 0.3) is 11.3 Å². The second kappa shape index (κ2) is 7.39. The zero-order valence-electron chi connectivity index (χ0n) is 15.1. The van der Waals surface area contributed by atoms with Gasteiger partial charge < -0.3 is 10.3 Å². The van der Waals surface area contributed by atoms with Gasteiger partial charge in [-0.1, -0.05) is 18.2 Å². The highest BCUT2D eigenvalue weighted by atomic mass is 16.1. The molecule has 1 aromatic carbocycles. The molecule has 1 amide bonds. The number of rotatable bonds is 5. The molecule has 134 valence electrons. The van der Waals surface area contributed by atoms with Crippen LogP contribution in [0.5, 0.6) is 0 Å². The van der Waals surface area contributed by atoms with Crippen molar-refractivity contribution in [2.75, 3.05) is 6.54 Å². The Morgan fingerprint density at radius 3 is 2.65 bits per heavy atom. The fourth-order valence-corrected chi connectivity index (χ4v) is 2.97. The van der Waals surface area contributed by atoms with Gasteiger partial charge in [0, 0.05) is 29.6 Å². The molecule has 0 aliphatic rings. The third-order valence-corrected chi connectivity index (χ3v) is 4.22. The summed E-state index contributed by atoms with van der Waals surface area (Å²) in [7, 11) is 0. The molecule has 6 nitrogen and oxygen atoms in total. The monoisotopic (exact) mass is 350 g/mol. The molecule has 0 spiro atoms. The molecule has 0 aliphatic heterocycles. The highest BCUT2D eigenvalue weighted by Gasteiger charge is 2.12. The molecule has 0 aliphatic carbocycles. The molecule has 2 N–H and O–H groups in total. The summed E-state index contributed by atoms with van der Waals surface area (Å²) in [4.78, 5) is 26.8. The normalized spacial score (nSPS) is 12.0. The quantitative estimate of drug-likeness (QED) is 0.742. The minimum atomic E-state index is -0.170. The van der Waals surface area contributed by atoms with Crippen LogP contribution in [-0.4, -0.2) is 27.2 Å². The average molecular weight is 350 g/mol. The Balaban J connectivity index is 1.71. The molecular weight excluding hydrogens is 328 g/mol. The molecule has 2 aromatic heterocycles. The van der Waals surface area contributed by atoms with Crippen LogP contribution in [0.4, 0.5) is 0 Å². The summed E-state index contributed by atoms with van der Waals surface area (Å²) in [5, 5.41) is 7.41. The van der Waals surface area contributed by atoms with E-state index in [1.807, 2.05) is 43.7 Å². The van der Waals surface area contributed by atoms with E-state index in [4.69, 9.17) is 0 Å². The third-order valence-electron chi connectivity index (χ3n) is 4.22. The number of amides is 1. The first-order valence-corrected chi connectivity index (χ1v) is 8.55. The van der Waals surface area contributed by atoms with E-state index in [9.17, 15) is 9.59 Å². The van der Waals surface area contributed by atoms with Crippen molar-refractivity contribution < 1.29 is 4.79 Å². The van der Waals surface area contributed by atoms with Crippen LogP contribution in [0, 0.1) is 13.8 Å². The average Bonchev–Trinajstić information content (AvgIpc) is 2.98. The van der Waals surface area contributed by atoms with Crippen molar-refractivity contribution in [3.05, 3.63) is 75.8 Å². The largest absolute Gasteiger partial charge is 0.350 e. The summed E-state index contributed by atoms with van der Waals surface area (Å²) in [5.41, 5.74) is 3.89. The molecule has 1 atom stereocenters. The summed E-state index contributed by atoms with van der Waals surface area (Å²) < 4.78 is 1.92. The number of benzene rings is 1. The Morgan fingerprint density at radius 1 is 1.19 bits per heavy atom. The van der Waals surface area contributed by atoms with Gasteiger partial charge in [-0.2, -0.15) is 5.10 Å². The SMILES string of the molecule is Cc1cc(C)n(C(C)CNC(=O)c2cccc(-c3cccc(=O)[nH]3)c2)n1. The van der Waals surface area contributed by atoms with Crippen molar-refractivity contribution in [2.24, 2.45) is 0 Å². The van der Waals surface area contributed by atoms with Crippen LogP contribution in [0.1, 0.15) is 34.7 Å². The van der Waals surface area contributed by atoms with Gasteiger partial charge in [0.25, 0.3) is 5.91 Å². The fraction of sp³-hybridized carbons (Fsp3) is 0.250. The molecular formula is C20H22N4O2. The number of aryl methyl sites for hydroxylation is 2. The van der Waals surface area contributed by atoms with Crippen molar-refractivity contribution in [3.63, 3.8) is 0 Å². The maximum Gasteiger partial charge on any atom is 0.251 e. The number of H-pyrrole nitrogens is 1. The zero-order chi connectivity index (χ0) is 18.7. The van der Waals surface area contributed by atoms with Crippen LogP contribution in [0.3, 0.4) is 0 Å². The Labute approximate surface area is 151 Å². The minimum absolute atomic E-state index is 0.0568. The van der Waals surface area contributed by atoms with Gasteiger partial charge in [-0.05, 0) is 50.6 Å².